The molecule has 24 heavy (non-hydrogen) atoms. The van der Waals surface area contributed by atoms with Crippen LogP contribution in [0.25, 0.3) is 22.0 Å². The van der Waals surface area contributed by atoms with Crippen LogP contribution in [0.5, 0.6) is 0 Å². The topological polar surface area (TPSA) is 77.2 Å². The number of nitrogens with zero attached hydrogens (tertiary/aromatic N) is 3. The average Bonchev–Trinajstić information content (AvgIpc) is 3.11. The first kappa shape index (κ1) is 14.8. The van der Waals surface area contributed by atoms with Crippen molar-refractivity contribution in [3.05, 3.63) is 48.4 Å². The zero-order chi connectivity index (χ0) is 16.5. The monoisotopic (exact) mass is 323 g/mol. The molecule has 0 radical (unpaired) electrons. The van der Waals surface area contributed by atoms with Gasteiger partial charge in [-0.2, -0.15) is 5.10 Å². The predicted octanol–water partition coefficient (Wildman–Crippen LogP) is 3.15. The number of pyridine rings is 1. The highest BCUT2D eigenvalue weighted by Crippen LogP contribution is 2.27. The molecule has 0 spiro atoms. The number of aromatic carboxylic acids is 1. The third-order valence-corrected chi connectivity index (χ3v) is 4.47. The Morgan fingerprint density at radius 3 is 2.83 bits per heavy atom. The summed E-state index contributed by atoms with van der Waals surface area (Å²) in [4.78, 5) is 15.7. The normalized spacial score (nSPS) is 15.7. The van der Waals surface area contributed by atoms with Crippen LogP contribution < -0.4 is 0 Å². The Balaban J connectivity index is 1.72. The summed E-state index contributed by atoms with van der Waals surface area (Å²) in [5.74, 6) is -0.947. The summed E-state index contributed by atoms with van der Waals surface area (Å²) in [6.07, 6.45) is 7.30. The highest BCUT2D eigenvalue weighted by molar-refractivity contribution is 6.03. The molecular formula is C18H17N3O3. The van der Waals surface area contributed by atoms with E-state index in [1.165, 1.54) is 12.3 Å². The van der Waals surface area contributed by atoms with Crippen LogP contribution in [-0.4, -0.2) is 39.1 Å². The molecule has 2 aromatic heterocycles. The number of aromatic nitrogens is 3. The number of fused-ring (bicyclic) bond motifs is 1. The maximum atomic E-state index is 11.4. The van der Waals surface area contributed by atoms with Crippen LogP contribution in [0, 0.1) is 0 Å². The van der Waals surface area contributed by atoms with Crippen LogP contribution in [0.3, 0.4) is 0 Å². The van der Waals surface area contributed by atoms with Crippen LogP contribution in [0.4, 0.5) is 0 Å². The van der Waals surface area contributed by atoms with Gasteiger partial charge < -0.3 is 9.84 Å². The number of carboxylic acid groups (broad SMARTS) is 1. The van der Waals surface area contributed by atoms with Gasteiger partial charge in [0.05, 0.1) is 23.3 Å². The van der Waals surface area contributed by atoms with Crippen LogP contribution in [0.2, 0.25) is 0 Å². The Kier molecular flexibility index (Phi) is 3.74. The summed E-state index contributed by atoms with van der Waals surface area (Å²) in [6.45, 7) is 1.53. The summed E-state index contributed by atoms with van der Waals surface area (Å²) < 4.78 is 7.38. The van der Waals surface area contributed by atoms with Gasteiger partial charge >= 0.3 is 5.97 Å². The molecule has 122 valence electrons. The molecular weight excluding hydrogens is 306 g/mol. The molecule has 0 saturated carbocycles. The number of carboxylic acids is 1. The first-order chi connectivity index (χ1) is 11.7. The zero-order valence-electron chi connectivity index (χ0n) is 13.1. The van der Waals surface area contributed by atoms with Crippen molar-refractivity contribution in [2.75, 3.05) is 13.2 Å². The van der Waals surface area contributed by atoms with E-state index in [1.807, 2.05) is 35.3 Å². The lowest BCUT2D eigenvalue weighted by molar-refractivity contribution is 0.0662. The standard InChI is InChI=1S/C18H17N3O3/c22-18(23)15-3-6-19-17-2-1-12(9-16(15)17)13-10-20-21(11-13)14-4-7-24-8-5-14/h1-3,6,9-11,14H,4-5,7-8H2,(H,22,23). The minimum absolute atomic E-state index is 0.263. The molecule has 1 N–H and O–H groups in total. The van der Waals surface area contributed by atoms with E-state index in [0.29, 0.717) is 16.9 Å². The molecule has 6 nitrogen and oxygen atoms in total. The summed E-state index contributed by atoms with van der Waals surface area (Å²) in [7, 11) is 0. The van der Waals surface area contributed by atoms with Gasteiger partial charge in [0, 0.05) is 36.6 Å². The SMILES string of the molecule is O=C(O)c1ccnc2ccc(-c3cnn(C4CCOCC4)c3)cc12. The molecule has 1 fully saturated rings. The van der Waals surface area contributed by atoms with Gasteiger partial charge in [0.15, 0.2) is 0 Å². The van der Waals surface area contributed by atoms with E-state index in [4.69, 9.17) is 4.74 Å². The number of hydrogen-bond acceptors (Lipinski definition) is 4. The second-order valence-electron chi connectivity index (χ2n) is 5.95. The highest BCUT2D eigenvalue weighted by Gasteiger charge is 2.17. The van der Waals surface area contributed by atoms with Crippen molar-refractivity contribution in [2.45, 2.75) is 18.9 Å². The maximum absolute atomic E-state index is 11.4. The second kappa shape index (κ2) is 6.05. The molecule has 3 heterocycles. The van der Waals surface area contributed by atoms with Gasteiger partial charge in [0.2, 0.25) is 0 Å². The van der Waals surface area contributed by atoms with Gasteiger partial charge in [-0.3, -0.25) is 9.67 Å². The summed E-state index contributed by atoms with van der Waals surface area (Å²) >= 11 is 0. The number of rotatable bonds is 3. The van der Waals surface area contributed by atoms with Crippen molar-refractivity contribution in [2.24, 2.45) is 0 Å². The molecule has 1 saturated heterocycles. The lowest BCUT2D eigenvalue weighted by atomic mass is 10.0. The average molecular weight is 323 g/mol. The van der Waals surface area contributed by atoms with E-state index in [1.54, 1.807) is 0 Å². The first-order valence-electron chi connectivity index (χ1n) is 7.97. The van der Waals surface area contributed by atoms with E-state index in [0.717, 1.165) is 37.2 Å². The maximum Gasteiger partial charge on any atom is 0.336 e. The Hall–Kier alpha value is -2.73. The van der Waals surface area contributed by atoms with Gasteiger partial charge in [0.25, 0.3) is 0 Å². The van der Waals surface area contributed by atoms with Gasteiger partial charge in [-0.1, -0.05) is 6.07 Å². The quantitative estimate of drug-likeness (QED) is 0.801. The smallest absolute Gasteiger partial charge is 0.336 e. The summed E-state index contributed by atoms with van der Waals surface area (Å²) in [5, 5.41) is 14.5. The van der Waals surface area contributed by atoms with Gasteiger partial charge in [-0.05, 0) is 36.6 Å². The summed E-state index contributed by atoms with van der Waals surface area (Å²) in [6, 6.07) is 7.57. The molecule has 0 aliphatic carbocycles. The van der Waals surface area contributed by atoms with Crippen molar-refractivity contribution >= 4 is 16.9 Å². The first-order valence-corrected chi connectivity index (χ1v) is 7.97. The number of hydrogen-bond donors (Lipinski definition) is 1. The number of carbonyl (C=O) groups is 1. The van der Waals surface area contributed by atoms with Crippen molar-refractivity contribution in [1.29, 1.82) is 0 Å². The lowest BCUT2D eigenvalue weighted by Gasteiger charge is -2.22. The number of benzene rings is 1. The Morgan fingerprint density at radius 2 is 2.04 bits per heavy atom. The molecule has 0 atom stereocenters. The van der Waals surface area contributed by atoms with Crippen molar-refractivity contribution in [3.8, 4) is 11.1 Å². The van der Waals surface area contributed by atoms with Crippen LogP contribution in [0.1, 0.15) is 29.2 Å². The third-order valence-electron chi connectivity index (χ3n) is 4.47. The largest absolute Gasteiger partial charge is 0.478 e. The van der Waals surface area contributed by atoms with E-state index < -0.39 is 5.97 Å². The second-order valence-corrected chi connectivity index (χ2v) is 5.95. The molecule has 6 heteroatoms. The van der Waals surface area contributed by atoms with E-state index >= 15 is 0 Å². The molecule has 1 aliphatic rings. The van der Waals surface area contributed by atoms with Gasteiger partial charge in [0.1, 0.15) is 0 Å². The van der Waals surface area contributed by atoms with Gasteiger partial charge in [-0.25, -0.2) is 4.79 Å². The highest BCUT2D eigenvalue weighted by atomic mass is 16.5. The van der Waals surface area contributed by atoms with Crippen LogP contribution in [0.15, 0.2) is 42.9 Å². The van der Waals surface area contributed by atoms with Crippen molar-refractivity contribution in [3.63, 3.8) is 0 Å². The van der Waals surface area contributed by atoms with Crippen molar-refractivity contribution < 1.29 is 14.6 Å². The Bertz CT molecular complexity index is 897. The fourth-order valence-corrected chi connectivity index (χ4v) is 3.15. The number of ether oxygens (including phenoxy) is 1. The fraction of sp³-hybridized carbons (Fsp3) is 0.278. The van der Waals surface area contributed by atoms with E-state index in [-0.39, 0.29) is 5.56 Å². The third kappa shape index (κ3) is 2.65. The fourth-order valence-electron chi connectivity index (χ4n) is 3.15. The van der Waals surface area contributed by atoms with E-state index in [9.17, 15) is 9.90 Å². The lowest BCUT2D eigenvalue weighted by Crippen LogP contribution is -2.19. The van der Waals surface area contributed by atoms with Gasteiger partial charge in [-0.15, -0.1) is 0 Å². The molecule has 0 amide bonds. The molecule has 4 rings (SSSR count). The van der Waals surface area contributed by atoms with E-state index in [2.05, 4.69) is 10.1 Å². The minimum atomic E-state index is -0.947. The molecule has 1 aromatic carbocycles. The zero-order valence-corrected chi connectivity index (χ0v) is 13.1. The Labute approximate surface area is 138 Å². The Morgan fingerprint density at radius 1 is 1.21 bits per heavy atom. The molecule has 3 aromatic rings. The predicted molar refractivity (Wildman–Crippen MR) is 89.0 cm³/mol. The summed E-state index contributed by atoms with van der Waals surface area (Å²) in [5.41, 5.74) is 2.86. The van der Waals surface area contributed by atoms with Crippen LogP contribution in [-0.2, 0) is 4.74 Å². The minimum Gasteiger partial charge on any atom is -0.478 e. The van der Waals surface area contributed by atoms with Crippen molar-refractivity contribution in [1.82, 2.24) is 14.8 Å². The molecule has 1 aliphatic heterocycles. The molecule has 0 unspecified atom stereocenters. The molecule has 0 bridgehead atoms. The van der Waals surface area contributed by atoms with Crippen LogP contribution >= 0.6 is 0 Å².